The second-order valence-corrected chi connectivity index (χ2v) is 4.60. The van der Waals surface area contributed by atoms with Gasteiger partial charge < -0.3 is 0 Å². The van der Waals surface area contributed by atoms with Crippen LogP contribution in [0.1, 0.15) is 27.7 Å². The van der Waals surface area contributed by atoms with Gasteiger partial charge in [-0.25, -0.2) is 0 Å². The van der Waals surface area contributed by atoms with Crippen molar-refractivity contribution in [3.05, 3.63) is 30.3 Å². The third kappa shape index (κ3) is 3.35. The summed E-state index contributed by atoms with van der Waals surface area (Å²) in [6, 6.07) is 9.51. The summed E-state index contributed by atoms with van der Waals surface area (Å²) in [5, 5.41) is 0. The fourth-order valence-electron chi connectivity index (χ4n) is 1.44. The lowest BCUT2D eigenvalue weighted by molar-refractivity contribution is -0.140. The zero-order chi connectivity index (χ0) is 12.2. The molecule has 88 valence electrons. The third-order valence-electron chi connectivity index (χ3n) is 2.32. The van der Waals surface area contributed by atoms with Gasteiger partial charge in [0.25, 0.3) is 0 Å². The Kier molecular flexibility index (Phi) is 4.07. The maximum atomic E-state index is 11.8. The zero-order valence-electron chi connectivity index (χ0n) is 10.3. The van der Waals surface area contributed by atoms with E-state index in [-0.39, 0.29) is 11.7 Å². The lowest BCUT2D eigenvalue weighted by atomic mass is 9.94. The number of Topliss-reactive ketones (excluding diaryl/α,β-unsaturated/α-hetero) is 1. The summed E-state index contributed by atoms with van der Waals surface area (Å²) in [5.41, 5.74) is 2.82. The van der Waals surface area contributed by atoms with E-state index >= 15 is 0 Å². The molecule has 0 amide bonds. The summed E-state index contributed by atoms with van der Waals surface area (Å²) < 4.78 is 0. The molecule has 1 rings (SSSR count). The Morgan fingerprint density at radius 2 is 1.81 bits per heavy atom. The lowest BCUT2D eigenvalue weighted by Gasteiger charge is -2.25. The number of nitrogens with one attached hydrogen (secondary N) is 1. The molecule has 0 spiro atoms. The summed E-state index contributed by atoms with van der Waals surface area (Å²) in [5.74, 6) is 0.0449. The molecule has 0 aliphatic heterocycles. The van der Waals surface area contributed by atoms with Gasteiger partial charge >= 0.3 is 0 Å². The number of para-hydroxylation sites is 1. The summed E-state index contributed by atoms with van der Waals surface area (Å²) in [6.45, 7) is 7.28. The van der Waals surface area contributed by atoms with Crippen molar-refractivity contribution in [3.8, 4) is 0 Å². The van der Waals surface area contributed by atoms with Gasteiger partial charge in [-0.3, -0.25) is 15.1 Å². The Labute approximate surface area is 96.8 Å². The standard InChI is InChI=1S/C13H19NO2/c1-10(2)12(15)13(3,4)16-14-11-8-6-5-7-9-11/h5-10,14H,1-4H3. The van der Waals surface area contributed by atoms with E-state index in [1.807, 2.05) is 44.2 Å². The first-order chi connectivity index (χ1) is 7.43. The quantitative estimate of drug-likeness (QED) is 0.777. The lowest BCUT2D eigenvalue weighted by Crippen LogP contribution is -2.39. The van der Waals surface area contributed by atoms with Crippen molar-refractivity contribution in [3.63, 3.8) is 0 Å². The normalized spacial score (nSPS) is 11.6. The number of hydrogen-bond acceptors (Lipinski definition) is 3. The highest BCUT2D eigenvalue weighted by molar-refractivity contribution is 5.88. The minimum absolute atomic E-state index is 0.0347. The van der Waals surface area contributed by atoms with Crippen molar-refractivity contribution in [1.29, 1.82) is 0 Å². The largest absolute Gasteiger partial charge is 0.296 e. The highest BCUT2D eigenvalue weighted by Gasteiger charge is 2.31. The van der Waals surface area contributed by atoms with E-state index in [9.17, 15) is 4.79 Å². The van der Waals surface area contributed by atoms with Crippen LogP contribution in [0.25, 0.3) is 0 Å². The van der Waals surface area contributed by atoms with Crippen LogP contribution in [0.3, 0.4) is 0 Å². The minimum atomic E-state index is -0.815. The molecule has 0 aromatic heterocycles. The van der Waals surface area contributed by atoms with Gasteiger partial charge in [0.1, 0.15) is 5.60 Å². The fourth-order valence-corrected chi connectivity index (χ4v) is 1.44. The van der Waals surface area contributed by atoms with Crippen LogP contribution in [0.15, 0.2) is 30.3 Å². The molecule has 3 heteroatoms. The Hall–Kier alpha value is -1.35. The van der Waals surface area contributed by atoms with Gasteiger partial charge in [-0.05, 0) is 26.0 Å². The molecule has 0 atom stereocenters. The molecule has 0 fully saturated rings. The van der Waals surface area contributed by atoms with Gasteiger partial charge in [0.15, 0.2) is 5.78 Å². The smallest absolute Gasteiger partial charge is 0.169 e. The Morgan fingerprint density at radius 1 is 1.25 bits per heavy atom. The number of carbonyl (C=O) groups excluding carboxylic acids is 1. The van der Waals surface area contributed by atoms with Crippen LogP contribution in [0.2, 0.25) is 0 Å². The molecule has 3 nitrogen and oxygen atoms in total. The Balaban J connectivity index is 2.58. The molecule has 0 saturated carbocycles. The summed E-state index contributed by atoms with van der Waals surface area (Å²) in [7, 11) is 0. The van der Waals surface area contributed by atoms with Gasteiger partial charge in [0, 0.05) is 5.92 Å². The molecule has 0 bridgehead atoms. The number of hydrogen-bond donors (Lipinski definition) is 1. The van der Waals surface area contributed by atoms with Gasteiger partial charge in [-0.1, -0.05) is 32.0 Å². The van der Waals surface area contributed by atoms with Crippen LogP contribution >= 0.6 is 0 Å². The maximum absolute atomic E-state index is 11.8. The average Bonchev–Trinajstić information content (AvgIpc) is 2.27. The topological polar surface area (TPSA) is 38.3 Å². The molecule has 0 aliphatic rings. The molecule has 0 radical (unpaired) electrons. The Bertz CT molecular complexity index is 344. The summed E-state index contributed by atoms with van der Waals surface area (Å²) in [6.07, 6.45) is 0. The van der Waals surface area contributed by atoms with Crippen LogP contribution in [-0.2, 0) is 9.63 Å². The van der Waals surface area contributed by atoms with Gasteiger partial charge in [-0.2, -0.15) is 0 Å². The molecule has 1 aromatic rings. The van der Waals surface area contributed by atoms with Crippen LogP contribution < -0.4 is 5.48 Å². The second kappa shape index (κ2) is 5.12. The first-order valence-electron chi connectivity index (χ1n) is 5.47. The van der Waals surface area contributed by atoms with Gasteiger partial charge in [0.2, 0.25) is 0 Å². The van der Waals surface area contributed by atoms with E-state index < -0.39 is 5.60 Å². The zero-order valence-corrected chi connectivity index (χ0v) is 10.3. The van der Waals surface area contributed by atoms with Gasteiger partial charge in [0.05, 0.1) is 5.69 Å². The van der Waals surface area contributed by atoms with Crippen molar-refractivity contribution in [1.82, 2.24) is 0 Å². The maximum Gasteiger partial charge on any atom is 0.169 e. The molecule has 16 heavy (non-hydrogen) atoms. The van der Waals surface area contributed by atoms with Crippen LogP contribution in [0.5, 0.6) is 0 Å². The Morgan fingerprint density at radius 3 is 2.31 bits per heavy atom. The van der Waals surface area contributed by atoms with Crippen molar-refractivity contribution in [2.75, 3.05) is 5.48 Å². The summed E-state index contributed by atoms with van der Waals surface area (Å²) in [4.78, 5) is 17.3. The highest BCUT2D eigenvalue weighted by Crippen LogP contribution is 2.17. The predicted octanol–water partition coefficient (Wildman–Crippen LogP) is 3.03. The van der Waals surface area contributed by atoms with E-state index in [0.717, 1.165) is 5.69 Å². The van der Waals surface area contributed by atoms with E-state index in [1.165, 1.54) is 0 Å². The van der Waals surface area contributed by atoms with Crippen LogP contribution in [-0.4, -0.2) is 11.4 Å². The number of ketones is 1. The molecule has 0 aliphatic carbocycles. The highest BCUT2D eigenvalue weighted by atomic mass is 16.7. The van der Waals surface area contributed by atoms with Crippen molar-refractivity contribution >= 4 is 11.5 Å². The number of carbonyl (C=O) groups is 1. The monoisotopic (exact) mass is 221 g/mol. The van der Waals surface area contributed by atoms with Crippen LogP contribution in [0.4, 0.5) is 5.69 Å². The third-order valence-corrected chi connectivity index (χ3v) is 2.32. The molecular formula is C13H19NO2. The number of benzene rings is 1. The van der Waals surface area contributed by atoms with Crippen molar-refractivity contribution < 1.29 is 9.63 Å². The SMILES string of the molecule is CC(C)C(=O)C(C)(C)ONc1ccccc1. The van der Waals surface area contributed by atoms with E-state index in [1.54, 1.807) is 13.8 Å². The van der Waals surface area contributed by atoms with Crippen molar-refractivity contribution in [2.24, 2.45) is 5.92 Å². The summed E-state index contributed by atoms with van der Waals surface area (Å²) >= 11 is 0. The molecule has 0 unspecified atom stereocenters. The number of anilines is 1. The minimum Gasteiger partial charge on any atom is -0.296 e. The molecule has 1 N–H and O–H groups in total. The number of rotatable bonds is 5. The average molecular weight is 221 g/mol. The van der Waals surface area contributed by atoms with E-state index in [4.69, 9.17) is 4.84 Å². The second-order valence-electron chi connectivity index (χ2n) is 4.60. The molecule has 1 aromatic carbocycles. The first kappa shape index (κ1) is 12.7. The first-order valence-corrected chi connectivity index (χ1v) is 5.47. The predicted molar refractivity (Wildman–Crippen MR) is 65.1 cm³/mol. The molecular weight excluding hydrogens is 202 g/mol. The van der Waals surface area contributed by atoms with Gasteiger partial charge in [-0.15, -0.1) is 0 Å². The van der Waals surface area contributed by atoms with E-state index in [2.05, 4.69) is 5.48 Å². The molecule has 0 heterocycles. The van der Waals surface area contributed by atoms with Crippen LogP contribution in [0, 0.1) is 5.92 Å². The van der Waals surface area contributed by atoms with E-state index in [0.29, 0.717) is 0 Å². The van der Waals surface area contributed by atoms with Crippen molar-refractivity contribution in [2.45, 2.75) is 33.3 Å². The fraction of sp³-hybridized carbons (Fsp3) is 0.462. The molecule has 0 saturated heterocycles.